The average molecular weight is 260 g/mol. The summed E-state index contributed by atoms with van der Waals surface area (Å²) in [5.74, 6) is 0. The first-order valence-electron chi connectivity index (χ1n) is 6.03. The van der Waals surface area contributed by atoms with E-state index in [1.165, 1.54) is 45.1 Å². The fourth-order valence-electron chi connectivity index (χ4n) is 3.12. The van der Waals surface area contributed by atoms with Gasteiger partial charge in [-0.3, -0.25) is 4.90 Å². The molecule has 2 heteroatoms. The van der Waals surface area contributed by atoms with Crippen LogP contribution in [0.25, 0.3) is 0 Å². The molecule has 0 spiro atoms. The van der Waals surface area contributed by atoms with Crippen LogP contribution in [0, 0.1) is 0 Å². The van der Waals surface area contributed by atoms with Gasteiger partial charge >= 0.3 is 0 Å². The summed E-state index contributed by atoms with van der Waals surface area (Å²) in [6, 6.07) is 0.876. The number of likely N-dealkylation sites (tertiary alicyclic amines) is 1. The Labute approximate surface area is 96.4 Å². The molecule has 1 nitrogen and oxygen atoms in total. The van der Waals surface area contributed by atoms with Gasteiger partial charge in [0.2, 0.25) is 0 Å². The third-order valence-electron chi connectivity index (χ3n) is 4.15. The van der Waals surface area contributed by atoms with E-state index in [1.54, 1.807) is 0 Å². The summed E-state index contributed by atoms with van der Waals surface area (Å²) in [6.45, 7) is 6.09. The molecule has 0 N–H and O–H groups in total. The van der Waals surface area contributed by atoms with Crippen molar-refractivity contribution < 1.29 is 0 Å². The highest BCUT2D eigenvalue weighted by molar-refractivity contribution is 9.09. The Bertz CT molecular complexity index is 196. The molecule has 1 aliphatic heterocycles. The molecule has 0 bridgehead atoms. The van der Waals surface area contributed by atoms with E-state index in [-0.39, 0.29) is 0 Å². The van der Waals surface area contributed by atoms with Crippen LogP contribution in [-0.2, 0) is 0 Å². The molecule has 1 saturated heterocycles. The third-order valence-corrected chi connectivity index (χ3v) is 5.72. The van der Waals surface area contributed by atoms with Gasteiger partial charge in [-0.2, -0.15) is 0 Å². The lowest BCUT2D eigenvalue weighted by molar-refractivity contribution is 0.0925. The molecule has 0 aromatic heterocycles. The van der Waals surface area contributed by atoms with Crippen molar-refractivity contribution in [3.63, 3.8) is 0 Å². The molecule has 2 rings (SSSR count). The van der Waals surface area contributed by atoms with Crippen LogP contribution in [-0.4, -0.2) is 27.9 Å². The maximum absolute atomic E-state index is 3.83. The maximum atomic E-state index is 3.83. The quantitative estimate of drug-likeness (QED) is 0.651. The molecule has 1 unspecified atom stereocenters. The first-order valence-corrected chi connectivity index (χ1v) is 6.95. The highest BCUT2D eigenvalue weighted by Crippen LogP contribution is 2.38. The minimum absolute atomic E-state index is 0.377. The van der Waals surface area contributed by atoms with E-state index in [0.717, 1.165) is 6.04 Å². The van der Waals surface area contributed by atoms with E-state index in [2.05, 4.69) is 34.7 Å². The molecule has 0 aromatic carbocycles. The van der Waals surface area contributed by atoms with E-state index in [9.17, 15) is 0 Å². The highest BCUT2D eigenvalue weighted by Gasteiger charge is 2.42. The molecular formula is C12H22BrN. The Morgan fingerprint density at radius 3 is 2.21 bits per heavy atom. The van der Waals surface area contributed by atoms with E-state index < -0.39 is 0 Å². The molecule has 1 saturated carbocycles. The fourth-order valence-corrected chi connectivity index (χ4v) is 3.59. The van der Waals surface area contributed by atoms with Crippen molar-refractivity contribution in [2.24, 2.45) is 0 Å². The van der Waals surface area contributed by atoms with Crippen LogP contribution in [0.3, 0.4) is 0 Å². The second kappa shape index (κ2) is 4.13. The first kappa shape index (κ1) is 10.9. The lowest BCUT2D eigenvalue weighted by atomic mass is 9.91. The molecule has 14 heavy (non-hydrogen) atoms. The second-order valence-corrected chi connectivity index (χ2v) is 6.50. The largest absolute Gasteiger partial charge is 0.294 e. The zero-order valence-electron chi connectivity index (χ0n) is 9.43. The lowest BCUT2D eigenvalue weighted by Gasteiger charge is -2.41. The zero-order valence-corrected chi connectivity index (χ0v) is 11.0. The molecule has 2 fully saturated rings. The van der Waals surface area contributed by atoms with Crippen molar-refractivity contribution in [2.75, 3.05) is 6.54 Å². The van der Waals surface area contributed by atoms with Crippen molar-refractivity contribution >= 4 is 15.9 Å². The van der Waals surface area contributed by atoms with Crippen molar-refractivity contribution in [3.05, 3.63) is 0 Å². The summed E-state index contributed by atoms with van der Waals surface area (Å²) < 4.78 is 0. The number of hydrogen-bond acceptors (Lipinski definition) is 1. The first-order chi connectivity index (χ1) is 6.62. The molecule has 82 valence electrons. The van der Waals surface area contributed by atoms with Crippen LogP contribution in [0.2, 0.25) is 0 Å². The normalized spacial score (nSPS) is 34.9. The maximum Gasteiger partial charge on any atom is 0.0337 e. The number of alkyl halides is 1. The Morgan fingerprint density at radius 2 is 1.71 bits per heavy atom. The van der Waals surface area contributed by atoms with Crippen LogP contribution in [0.4, 0.5) is 0 Å². The van der Waals surface area contributed by atoms with Gasteiger partial charge in [-0.1, -0.05) is 35.2 Å². The average Bonchev–Trinajstić information content (AvgIpc) is 2.44. The second-order valence-electron chi connectivity index (χ2n) is 5.40. The number of hydrogen-bond donors (Lipinski definition) is 0. The van der Waals surface area contributed by atoms with Crippen LogP contribution in [0.5, 0.6) is 0 Å². The van der Waals surface area contributed by atoms with Gasteiger partial charge in [-0.05, 0) is 33.1 Å². The predicted molar refractivity (Wildman–Crippen MR) is 65.0 cm³/mol. The molecule has 2 aliphatic rings. The van der Waals surface area contributed by atoms with Gasteiger partial charge in [-0.15, -0.1) is 0 Å². The molecule has 1 aliphatic carbocycles. The standard InChI is InChI=1S/C12H22BrN/c1-12(2)11(13)8-9-14(12)10-6-4-3-5-7-10/h10-11H,3-9H2,1-2H3. The summed E-state index contributed by atoms with van der Waals surface area (Å²) in [5, 5.41) is 0. The van der Waals surface area contributed by atoms with Crippen LogP contribution in [0.15, 0.2) is 0 Å². The molecule has 0 amide bonds. The van der Waals surface area contributed by atoms with E-state index in [1.807, 2.05) is 0 Å². The minimum Gasteiger partial charge on any atom is -0.294 e. The zero-order chi connectivity index (χ0) is 10.2. The van der Waals surface area contributed by atoms with Gasteiger partial charge < -0.3 is 0 Å². The molecular weight excluding hydrogens is 238 g/mol. The van der Waals surface area contributed by atoms with Crippen LogP contribution >= 0.6 is 15.9 Å². The topological polar surface area (TPSA) is 3.24 Å². The fraction of sp³-hybridized carbons (Fsp3) is 1.00. The van der Waals surface area contributed by atoms with Crippen molar-refractivity contribution in [1.29, 1.82) is 0 Å². The van der Waals surface area contributed by atoms with Crippen molar-refractivity contribution in [1.82, 2.24) is 4.90 Å². The number of halogens is 1. The van der Waals surface area contributed by atoms with Gasteiger partial charge in [0.1, 0.15) is 0 Å². The van der Waals surface area contributed by atoms with Crippen molar-refractivity contribution in [3.8, 4) is 0 Å². The van der Waals surface area contributed by atoms with Gasteiger partial charge in [-0.25, -0.2) is 0 Å². The van der Waals surface area contributed by atoms with Crippen molar-refractivity contribution in [2.45, 2.75) is 68.8 Å². The van der Waals surface area contributed by atoms with Crippen LogP contribution < -0.4 is 0 Å². The Hall–Kier alpha value is 0.440. The molecule has 1 atom stereocenters. The third kappa shape index (κ3) is 1.88. The number of rotatable bonds is 1. The monoisotopic (exact) mass is 259 g/mol. The lowest BCUT2D eigenvalue weighted by Crippen LogP contribution is -2.49. The molecule has 0 radical (unpaired) electrons. The Morgan fingerprint density at radius 1 is 1.07 bits per heavy atom. The Kier molecular flexibility index (Phi) is 3.23. The van der Waals surface area contributed by atoms with E-state index >= 15 is 0 Å². The van der Waals surface area contributed by atoms with Gasteiger partial charge in [0.25, 0.3) is 0 Å². The van der Waals surface area contributed by atoms with E-state index in [4.69, 9.17) is 0 Å². The number of nitrogens with zero attached hydrogens (tertiary/aromatic N) is 1. The van der Waals surface area contributed by atoms with Gasteiger partial charge in [0.15, 0.2) is 0 Å². The molecule has 1 heterocycles. The Balaban J connectivity index is 2.03. The van der Waals surface area contributed by atoms with E-state index in [0.29, 0.717) is 10.4 Å². The predicted octanol–water partition coefficient (Wildman–Crippen LogP) is 3.57. The molecule has 0 aromatic rings. The van der Waals surface area contributed by atoms with Crippen LogP contribution in [0.1, 0.15) is 52.4 Å². The minimum atomic E-state index is 0.377. The smallest absolute Gasteiger partial charge is 0.0337 e. The summed E-state index contributed by atoms with van der Waals surface area (Å²) >= 11 is 3.83. The summed E-state index contributed by atoms with van der Waals surface area (Å²) in [6.07, 6.45) is 8.55. The summed E-state index contributed by atoms with van der Waals surface area (Å²) in [4.78, 5) is 3.45. The van der Waals surface area contributed by atoms with Gasteiger partial charge in [0.05, 0.1) is 0 Å². The SMILES string of the molecule is CC1(C)C(Br)CCN1C1CCCCC1. The summed E-state index contributed by atoms with van der Waals surface area (Å²) in [5.41, 5.74) is 0.377. The van der Waals surface area contributed by atoms with Gasteiger partial charge in [0, 0.05) is 23.0 Å². The highest BCUT2D eigenvalue weighted by atomic mass is 79.9. The summed E-state index contributed by atoms with van der Waals surface area (Å²) in [7, 11) is 0.